The summed E-state index contributed by atoms with van der Waals surface area (Å²) >= 11 is 0. The highest BCUT2D eigenvalue weighted by atomic mass is 31.2. The zero-order chi connectivity index (χ0) is 64.0. The number of aromatic amines is 2. The van der Waals surface area contributed by atoms with Crippen molar-refractivity contribution < 1.29 is 112 Å². The van der Waals surface area contributed by atoms with Crippen LogP contribution in [-0.2, 0) is 78.1 Å². The van der Waals surface area contributed by atoms with Crippen molar-refractivity contribution in [2.24, 2.45) is 0 Å². The summed E-state index contributed by atoms with van der Waals surface area (Å²) in [5, 5.41) is 22.1. The van der Waals surface area contributed by atoms with Crippen LogP contribution in [0.2, 0.25) is 0 Å². The van der Waals surface area contributed by atoms with Gasteiger partial charge in [-0.15, -0.1) is 0 Å². The van der Waals surface area contributed by atoms with Gasteiger partial charge in [-0.05, 0) is 12.1 Å². The molecule has 0 saturated carbocycles. The average molecular weight is 1360 g/mol. The molecule has 20 atom stereocenters. The lowest BCUT2D eigenvalue weighted by atomic mass is 10.0. The second-order valence-corrected chi connectivity index (χ2v) is 26.9. The van der Waals surface area contributed by atoms with E-state index < -0.39 is 167 Å². The molecule has 43 nitrogen and oxygen atoms in total. The monoisotopic (exact) mass is 1360 g/mol. The smallest absolute Gasteiger partial charge is 0.397 e. The maximum atomic E-state index is 15.9. The molecule has 7 fully saturated rings. The number of nitrogens with one attached hydrogen (secondary N) is 2. The van der Waals surface area contributed by atoms with Gasteiger partial charge in [0.05, 0.1) is 69.7 Å². The summed E-state index contributed by atoms with van der Waals surface area (Å²) in [4.78, 5) is 105. The molecule has 6 bridgehead atoms. The van der Waals surface area contributed by atoms with Gasteiger partial charge in [0.1, 0.15) is 77.7 Å². The molecule has 0 aromatic carbocycles. The van der Waals surface area contributed by atoms with Crippen LogP contribution in [0, 0.1) is 0 Å². The van der Waals surface area contributed by atoms with Gasteiger partial charge in [0.2, 0.25) is 11.9 Å². The Labute approximate surface area is 502 Å². The summed E-state index contributed by atoms with van der Waals surface area (Å²) in [5.74, 6) is -0.559. The van der Waals surface area contributed by atoms with Crippen molar-refractivity contribution in [3.8, 4) is 0 Å². The lowest BCUT2D eigenvalue weighted by Gasteiger charge is -2.32. The molecule has 8 aromatic rings. The molecule has 8 aromatic heterocycles. The summed E-state index contributed by atoms with van der Waals surface area (Å²) in [6, 6.07) is 3.03. The topological polar surface area (TPSA) is 602 Å². The number of halogens is 1. The molecule has 7 saturated heterocycles. The van der Waals surface area contributed by atoms with E-state index in [1.54, 1.807) is 6.07 Å². The highest BCUT2D eigenvalue weighted by molar-refractivity contribution is 7.48. The largest absolute Gasteiger partial charge is 0.472 e. The normalized spacial score (nSPS) is 38.7. The fraction of sp³-hybridized carbons (Fsp3) is 0.488. The van der Waals surface area contributed by atoms with E-state index in [0.717, 1.165) is 21.8 Å². The number of nitrogens with zero attached hydrogens (tertiary/aromatic N) is 12. The van der Waals surface area contributed by atoms with Crippen LogP contribution in [0.25, 0.3) is 44.7 Å². The summed E-state index contributed by atoms with van der Waals surface area (Å²) < 4.78 is 145. The number of anilines is 4. The van der Waals surface area contributed by atoms with Crippen LogP contribution >= 0.6 is 31.3 Å². The molecule has 7 aliphatic heterocycles. The molecule has 8 unspecified atom stereocenters. The number of nitrogens with two attached hydrogens (primary N) is 4. The van der Waals surface area contributed by atoms with Gasteiger partial charge in [0, 0.05) is 12.4 Å². The Balaban J connectivity index is 0.000000159. The first-order chi connectivity index (χ1) is 43.2. The Kier molecular flexibility index (Phi) is 15.2. The van der Waals surface area contributed by atoms with E-state index in [9.17, 15) is 57.6 Å². The van der Waals surface area contributed by atoms with E-state index in [1.165, 1.54) is 40.2 Å². The number of fused-ring (bicyclic) bond motifs is 9. The zero-order valence-corrected chi connectivity index (χ0v) is 49.2. The summed E-state index contributed by atoms with van der Waals surface area (Å²) in [7, 11) is -20.4. The van der Waals surface area contributed by atoms with Gasteiger partial charge in [0.25, 0.3) is 11.1 Å². The van der Waals surface area contributed by atoms with Gasteiger partial charge < -0.3 is 76.4 Å². The minimum atomic E-state index is -5.15. The molecule has 7 aliphatic rings. The van der Waals surface area contributed by atoms with Crippen LogP contribution in [0.5, 0.6) is 0 Å². The van der Waals surface area contributed by atoms with Crippen LogP contribution in [-0.4, -0.2) is 204 Å². The maximum Gasteiger partial charge on any atom is 0.472 e. The van der Waals surface area contributed by atoms with Gasteiger partial charge in [-0.2, -0.15) is 9.97 Å². The second-order valence-electron chi connectivity index (χ2n) is 21.2. The molecule has 0 spiro atoms. The first kappa shape index (κ1) is 61.7. The molecular formula is C43H49FN18O25P4. The highest BCUT2D eigenvalue weighted by Crippen LogP contribution is 2.59. The van der Waals surface area contributed by atoms with Gasteiger partial charge >= 0.3 is 31.3 Å². The lowest BCUT2D eigenvalue weighted by molar-refractivity contribution is -0.184. The van der Waals surface area contributed by atoms with Crippen LogP contribution in [0.1, 0.15) is 24.9 Å². The molecular weight excluding hydrogens is 1310 g/mol. The number of hydrogen-bond donors (Lipinski definition) is 12. The number of alkyl halides is 1. The summed E-state index contributed by atoms with van der Waals surface area (Å²) in [6.07, 6.45) is -16.0. The molecule has 488 valence electrons. The third-order valence-corrected chi connectivity index (χ3v) is 19.4. The van der Waals surface area contributed by atoms with Crippen molar-refractivity contribution in [3.05, 3.63) is 70.5 Å². The molecule has 15 rings (SSSR count). The third kappa shape index (κ3) is 11.0. The molecule has 91 heavy (non-hydrogen) atoms. The number of hydrogen-bond acceptors (Lipinski definition) is 33. The first-order valence-corrected chi connectivity index (χ1v) is 32.6. The van der Waals surface area contributed by atoms with E-state index in [2.05, 4.69) is 49.8 Å². The number of rotatable bonds is 4. The number of aliphatic hydroxyl groups is 2. The Morgan fingerprint density at radius 3 is 1.44 bits per heavy atom. The van der Waals surface area contributed by atoms with Gasteiger partial charge in [-0.25, -0.2) is 52.6 Å². The number of ether oxygens (including phenoxy) is 5. The minimum absolute atomic E-state index is 0.107. The lowest BCUT2D eigenvalue weighted by Crippen LogP contribution is -2.45. The Bertz CT molecular complexity index is 4520. The van der Waals surface area contributed by atoms with Gasteiger partial charge in [0.15, 0.2) is 64.7 Å². The summed E-state index contributed by atoms with van der Waals surface area (Å²) in [6.45, 7) is -3.55. The zero-order valence-electron chi connectivity index (χ0n) is 45.6. The molecule has 0 aliphatic carbocycles. The number of H-pyrrole nitrogens is 2. The highest BCUT2D eigenvalue weighted by Gasteiger charge is 2.66. The molecule has 0 amide bonds. The first-order valence-electron chi connectivity index (χ1n) is 26.6. The maximum absolute atomic E-state index is 15.9. The van der Waals surface area contributed by atoms with Crippen molar-refractivity contribution >= 4 is 99.2 Å². The fourth-order valence-electron chi connectivity index (χ4n) is 11.4. The van der Waals surface area contributed by atoms with Crippen molar-refractivity contribution in [2.45, 2.75) is 97.7 Å². The van der Waals surface area contributed by atoms with Gasteiger partial charge in [-0.1, -0.05) is 0 Å². The Morgan fingerprint density at radius 2 is 0.934 bits per heavy atom. The molecule has 48 heteroatoms. The fourth-order valence-corrected chi connectivity index (χ4v) is 15.3. The van der Waals surface area contributed by atoms with Crippen LogP contribution in [0.15, 0.2) is 59.4 Å². The number of imidazole rings is 4. The second kappa shape index (κ2) is 22.5. The summed E-state index contributed by atoms with van der Waals surface area (Å²) in [5.41, 5.74) is 21.1. The van der Waals surface area contributed by atoms with E-state index in [1.807, 2.05) is 0 Å². The van der Waals surface area contributed by atoms with Crippen molar-refractivity contribution in [1.82, 2.24) is 68.1 Å². The van der Waals surface area contributed by atoms with Crippen molar-refractivity contribution in [2.75, 3.05) is 56.0 Å². The predicted molar refractivity (Wildman–Crippen MR) is 293 cm³/mol. The predicted octanol–water partition coefficient (Wildman–Crippen LogP) is -2.09. The number of pyridine rings is 2. The number of nitrogen functional groups attached to an aromatic ring is 4. The van der Waals surface area contributed by atoms with Gasteiger partial charge in [-0.3, -0.25) is 74.0 Å². The van der Waals surface area contributed by atoms with Crippen LogP contribution in [0.4, 0.5) is 27.7 Å². The average Bonchev–Trinajstić information content (AvgIpc) is 1.58. The number of aromatic nitrogens is 14. The van der Waals surface area contributed by atoms with Crippen molar-refractivity contribution in [3.63, 3.8) is 0 Å². The number of aliphatic hydroxyl groups excluding tert-OH is 2. The van der Waals surface area contributed by atoms with E-state index >= 15 is 4.39 Å². The SMILES string of the molecule is Nc1nc2c(ncn2[C@@H]2O[C@@H]3COP(=O)(O)OC4[C@@H](COP(=O)(O)O[C@H]2C3O)O[C@@H](n2cnc3c(N)ccnc32)[C@H]4F)c(=O)[nH]1.Nc1nc2c(ncn2[C@@H]2O[C@@H]3COP(=O)(O)OC4[C@@H]5OC[C@]4(COP(=O)(O)O[C@H]2C3O)O[C@H]5n2cnc3c(N)ccnc32)c(=O)[nH]1. The Hall–Kier alpha value is -6.77. The van der Waals surface area contributed by atoms with Crippen LogP contribution in [0.3, 0.4) is 0 Å². The molecule has 15 heterocycles. The minimum Gasteiger partial charge on any atom is -0.397 e. The molecule has 0 radical (unpaired) electrons. The standard InChI is InChI=1S/C22H25N9O13P2.C21H24FN9O12P2/c23-8-1-2-25-16-10(8)26-6-30(16)20-14-15-22(42-20,4-38-14)5-40-46(36,37)43-13-12(32)9(3-39-45(34,35)44-15)41-19(13)31-7-27-11-17(31)28-21(24)29-18(11)33;22-10-14-9(41-19(10)30-5-26-11-7(23)1-2-25-16(11)30)4-39-45(36,37)43-15-13(32)8(3-38-44(34,35)42-14)40-20(15)31-6-27-12-17(31)28-21(24)29-18(12)33/h1-2,6-7,9,12-15,19-20,32H,3-5H2,(H2,23,25)(H,34,35)(H,36,37)(H3,24,28,29,33);1-2,5-6,8-10,13-15,19-20,32H,3-4H2,(H2,23,25)(H,34,35)(H,36,37)(H3,24,28,29,33)/t9-,12?,13+,14+,15?,19-,20-,22-;8-,9-,10+,13?,14?,15+,19-,20-/m11/s1. The van der Waals surface area contributed by atoms with E-state index in [4.69, 9.17) is 82.8 Å². The Morgan fingerprint density at radius 1 is 0.516 bits per heavy atom. The number of phosphoric acid groups is 4. The quantitative estimate of drug-likeness (QED) is 0.0841. The third-order valence-electron chi connectivity index (χ3n) is 15.5. The van der Waals surface area contributed by atoms with E-state index in [-0.39, 0.29) is 57.7 Å². The van der Waals surface area contributed by atoms with Crippen LogP contribution < -0.4 is 34.1 Å². The van der Waals surface area contributed by atoms with Crippen molar-refractivity contribution in [1.29, 1.82) is 0 Å². The molecule has 16 N–H and O–H groups in total. The number of phosphoric ester groups is 4. The van der Waals surface area contributed by atoms with E-state index in [0.29, 0.717) is 16.9 Å².